The molecule has 0 aromatic rings. The maximum Gasteiger partial charge on any atom is 0.364 e. The molecule has 6 aliphatic rings. The van der Waals surface area contributed by atoms with Crippen LogP contribution in [0.25, 0.3) is 0 Å². The lowest BCUT2D eigenvalue weighted by molar-refractivity contribution is -0.403. The van der Waals surface area contributed by atoms with Crippen LogP contribution in [0.3, 0.4) is 0 Å². The molecule has 32 atom stereocenters. The average Bonchev–Trinajstić information content (AvgIpc) is 0.828. The molecule has 514 valence electrons. The number of carbonyl (C=O) groups is 5. The molecular formula is C48H79N3O38. The van der Waals surface area contributed by atoms with Gasteiger partial charge < -0.3 is 180 Å². The number of amides is 3. The molecule has 0 unspecified atom stereocenters. The van der Waals surface area contributed by atoms with Gasteiger partial charge in [0.2, 0.25) is 17.7 Å². The minimum absolute atomic E-state index is 0.890. The zero-order chi connectivity index (χ0) is 66.5. The summed E-state index contributed by atoms with van der Waals surface area (Å²) < 4.78 is 63.3. The Labute approximate surface area is 501 Å². The van der Waals surface area contributed by atoms with Crippen LogP contribution < -0.4 is 16.0 Å². The van der Waals surface area contributed by atoms with Crippen molar-refractivity contribution >= 4 is 29.7 Å². The molecule has 0 aliphatic carbocycles. The number of aliphatic hydroxyl groups is 20. The molecule has 89 heavy (non-hydrogen) atoms. The summed E-state index contributed by atoms with van der Waals surface area (Å²) in [6.07, 6.45) is -63.7. The lowest BCUT2D eigenvalue weighted by Crippen LogP contribution is -2.73. The van der Waals surface area contributed by atoms with Crippen molar-refractivity contribution in [1.82, 2.24) is 16.0 Å². The third-order valence-corrected chi connectivity index (χ3v) is 15.7. The second-order valence-corrected chi connectivity index (χ2v) is 21.8. The van der Waals surface area contributed by atoms with E-state index in [-0.39, 0.29) is 0 Å². The number of carbonyl (C=O) groups excluding carboxylic acids is 3. The number of aliphatic carboxylic acids is 2. The van der Waals surface area contributed by atoms with Gasteiger partial charge in [0.15, 0.2) is 25.2 Å². The maximum atomic E-state index is 14.0. The molecule has 25 N–H and O–H groups in total. The summed E-state index contributed by atoms with van der Waals surface area (Å²) >= 11 is 0. The molecule has 6 saturated heterocycles. The average molecular weight is 1310 g/mol. The quantitative estimate of drug-likeness (QED) is 0.0382. The van der Waals surface area contributed by atoms with E-state index in [1.54, 1.807) is 0 Å². The smallest absolute Gasteiger partial charge is 0.364 e. The van der Waals surface area contributed by atoms with E-state index >= 15 is 0 Å². The van der Waals surface area contributed by atoms with E-state index in [2.05, 4.69) is 10.6 Å². The van der Waals surface area contributed by atoms with Gasteiger partial charge in [-0.25, -0.2) is 9.59 Å². The maximum absolute atomic E-state index is 14.0. The Morgan fingerprint density at radius 1 is 0.483 bits per heavy atom. The first-order valence-corrected chi connectivity index (χ1v) is 27.5. The van der Waals surface area contributed by atoms with Gasteiger partial charge in [0.05, 0.1) is 63.9 Å². The molecule has 41 heteroatoms. The molecule has 6 rings (SSSR count). The predicted octanol–water partition coefficient (Wildman–Crippen LogP) is -16.3. The number of hydrogen-bond donors (Lipinski definition) is 25. The van der Waals surface area contributed by atoms with Crippen molar-refractivity contribution in [2.24, 2.45) is 0 Å². The van der Waals surface area contributed by atoms with Crippen molar-refractivity contribution in [1.29, 1.82) is 0 Å². The second-order valence-electron chi connectivity index (χ2n) is 21.8. The van der Waals surface area contributed by atoms with Crippen LogP contribution >= 0.6 is 0 Å². The monoisotopic (exact) mass is 1310 g/mol. The van der Waals surface area contributed by atoms with Gasteiger partial charge in [-0.05, 0) is 0 Å². The van der Waals surface area contributed by atoms with Crippen molar-refractivity contribution in [3.8, 4) is 0 Å². The minimum atomic E-state index is -3.70. The highest BCUT2D eigenvalue weighted by molar-refractivity contribution is 5.78. The Kier molecular flexibility index (Phi) is 26.1. The first kappa shape index (κ1) is 74.2. The Morgan fingerprint density at radius 3 is 1.49 bits per heavy atom. The van der Waals surface area contributed by atoms with Crippen LogP contribution in [0.2, 0.25) is 0 Å². The Bertz CT molecular complexity index is 2340. The molecule has 0 spiro atoms. The minimum Gasteiger partial charge on any atom is -0.477 e. The molecule has 3 amide bonds. The first-order chi connectivity index (χ1) is 41.8. The summed E-state index contributed by atoms with van der Waals surface area (Å²) in [6.45, 7) is -7.10. The number of hydrogen-bond acceptors (Lipinski definition) is 36. The lowest BCUT2D eigenvalue weighted by atomic mass is 9.87. The van der Waals surface area contributed by atoms with E-state index in [1.807, 2.05) is 5.32 Å². The van der Waals surface area contributed by atoms with Gasteiger partial charge in [0.25, 0.3) is 11.6 Å². The van der Waals surface area contributed by atoms with Crippen molar-refractivity contribution in [3.63, 3.8) is 0 Å². The molecule has 41 nitrogen and oxygen atoms in total. The number of aliphatic hydroxyl groups excluding tert-OH is 20. The highest BCUT2D eigenvalue weighted by Crippen LogP contribution is 2.42. The fraction of sp³-hybridized carbons (Fsp3) is 0.896. The van der Waals surface area contributed by atoms with Gasteiger partial charge in [-0.2, -0.15) is 0 Å². The van der Waals surface area contributed by atoms with E-state index < -0.39 is 284 Å². The van der Waals surface area contributed by atoms with Crippen molar-refractivity contribution < 1.29 is 188 Å². The predicted molar refractivity (Wildman–Crippen MR) is 270 cm³/mol. The van der Waals surface area contributed by atoms with Gasteiger partial charge >= 0.3 is 11.9 Å². The van der Waals surface area contributed by atoms with Crippen LogP contribution in [0.15, 0.2) is 0 Å². The standard InChI is InChI=1S/C48H79N3O38/c1-12(59)49-23-14(61)3-47(45(75)76,87-38(23)26(65)16(63)5-52)86-19(8-55)29(68)39-24(51-22(64)11-58)15(62)4-48(88-39,46(77)78)89-40-34(73)44(83-35-20(9-56)79-41(74)32(71)31(35)70)82-21(10-57)36(40)84-42-25(50-13(2)60)37(28(67)18(7-54)80-42)85-43-33(72)30(69)27(66)17(6-53)81-43/h14-21,23-44,52-58,61-63,65-74H,3-11H2,1-2H3,(H,49,59)(H,50,60)(H,51,64)(H,75,76)(H,77,78)/t14-,15-,16+,17+,18+,19+,20+,21+,23+,24+,25+,26+,27-,28-,29+,30-,31+,32+,33+,34+,35+,36-,37+,38+,39+,40+,41+,42-,43-,44-,47+,48-/m0/s1. The second kappa shape index (κ2) is 31.4. The first-order valence-electron chi connectivity index (χ1n) is 27.5. The van der Waals surface area contributed by atoms with Gasteiger partial charge in [-0.15, -0.1) is 0 Å². The number of rotatable bonds is 26. The molecule has 0 aromatic carbocycles. The summed E-state index contributed by atoms with van der Waals surface area (Å²) in [7, 11) is 0. The SMILES string of the molecule is CC(=O)N[C@H]1[C@H](O[C@@H]2[C@H](O[C@]3(C(=O)O)C[C@H](O)[C@@H](NC(=O)CO)[C@H]([C@H](O)[C@@H](CO)O[C@]4(C(=O)O)C[C@H](O)[C@@H](NC(C)=O)[C@H]([C@H](O)[C@H](O)CO)O4)O3)[C@@H](O)[C@H](O[C@H]3[C@H](O)[C@@H](O)[C@H](O)O[C@@H]3CO)O[C@@H]2CO)O[C@H](CO)[C@H](O)[C@@H]1O[C@@H]1O[C@H](CO)[C@H](O)[C@H](O)[C@H]1O. The van der Waals surface area contributed by atoms with Crippen molar-refractivity contribution in [2.75, 3.05) is 46.2 Å². The fourth-order valence-electron chi connectivity index (χ4n) is 11.1. The van der Waals surface area contributed by atoms with Gasteiger partial charge in [-0.1, -0.05) is 0 Å². The normalized spacial score (nSPS) is 44.2. The third kappa shape index (κ3) is 16.0. The van der Waals surface area contributed by atoms with Gasteiger partial charge in [-0.3, -0.25) is 14.4 Å². The van der Waals surface area contributed by atoms with Crippen LogP contribution in [0.1, 0.15) is 26.7 Å². The molecule has 6 heterocycles. The van der Waals surface area contributed by atoms with E-state index in [0.717, 1.165) is 13.8 Å². The van der Waals surface area contributed by atoms with Crippen LogP contribution in [0, 0.1) is 0 Å². The summed E-state index contributed by atoms with van der Waals surface area (Å²) in [4.78, 5) is 65.2. The summed E-state index contributed by atoms with van der Waals surface area (Å²) in [5, 5.41) is 245. The van der Waals surface area contributed by atoms with Gasteiger partial charge in [0, 0.05) is 26.7 Å². The molecule has 0 aromatic heterocycles. The van der Waals surface area contributed by atoms with Crippen LogP contribution in [0.5, 0.6) is 0 Å². The van der Waals surface area contributed by atoms with E-state index in [1.165, 1.54) is 0 Å². The van der Waals surface area contributed by atoms with Crippen LogP contribution in [-0.4, -0.2) is 384 Å². The van der Waals surface area contributed by atoms with Crippen LogP contribution in [-0.2, 0) is 76.1 Å². The Morgan fingerprint density at radius 2 is 0.955 bits per heavy atom. The van der Waals surface area contributed by atoms with E-state index in [0.29, 0.717) is 0 Å². The number of carboxylic acid groups (broad SMARTS) is 2. The molecule has 0 radical (unpaired) electrons. The highest BCUT2D eigenvalue weighted by atomic mass is 16.8. The molecule has 0 bridgehead atoms. The van der Waals surface area contributed by atoms with Crippen molar-refractivity contribution in [3.05, 3.63) is 0 Å². The summed E-state index contributed by atoms with van der Waals surface area (Å²) in [6, 6.07) is -6.04. The lowest BCUT2D eigenvalue weighted by Gasteiger charge is -2.53. The largest absolute Gasteiger partial charge is 0.477 e. The number of carboxylic acids is 2. The zero-order valence-corrected chi connectivity index (χ0v) is 47.1. The number of ether oxygens (including phenoxy) is 11. The van der Waals surface area contributed by atoms with Gasteiger partial charge in [0.1, 0.15) is 141 Å². The van der Waals surface area contributed by atoms with Crippen LogP contribution in [0.4, 0.5) is 0 Å². The Hall–Kier alpha value is -3.89. The fourth-order valence-corrected chi connectivity index (χ4v) is 11.1. The highest BCUT2D eigenvalue weighted by Gasteiger charge is 2.64. The van der Waals surface area contributed by atoms with Crippen molar-refractivity contribution in [2.45, 2.75) is 222 Å². The summed E-state index contributed by atoms with van der Waals surface area (Å²) in [5.41, 5.74) is 0. The molecular weight excluding hydrogens is 1230 g/mol. The molecule has 6 aliphatic heterocycles. The third-order valence-electron chi connectivity index (χ3n) is 15.7. The van der Waals surface area contributed by atoms with E-state index in [9.17, 15) is 136 Å². The topological polar surface area (TPSA) is 668 Å². The van der Waals surface area contributed by atoms with E-state index in [4.69, 9.17) is 52.1 Å². The zero-order valence-electron chi connectivity index (χ0n) is 47.1. The molecule has 6 fully saturated rings. The molecule has 0 saturated carbocycles. The Balaban J connectivity index is 1.47. The number of nitrogens with one attached hydrogen (secondary N) is 3. The summed E-state index contributed by atoms with van der Waals surface area (Å²) in [5.74, 6) is -15.1.